The van der Waals surface area contributed by atoms with Gasteiger partial charge in [-0.2, -0.15) is 0 Å². The summed E-state index contributed by atoms with van der Waals surface area (Å²) in [6.45, 7) is 28.0. The fraction of sp³-hybridized carbons (Fsp3) is 0.971. The lowest BCUT2D eigenvalue weighted by molar-refractivity contribution is -0.154. The number of fused-ring (bicyclic) bond motifs is 2. The Bertz CT molecular complexity index is 1030. The van der Waals surface area contributed by atoms with Crippen molar-refractivity contribution in [1.82, 2.24) is 0 Å². The summed E-state index contributed by atoms with van der Waals surface area (Å²) >= 11 is 0. The number of hydrogen-bond acceptors (Lipinski definition) is 4. The number of epoxide rings is 1. The maximum absolute atomic E-state index is 12.5. The summed E-state index contributed by atoms with van der Waals surface area (Å²) < 4.78 is 14.5. The maximum Gasteiger partial charge on any atom is 0.189 e. The molecule has 5 rings (SSSR count). The van der Waals surface area contributed by atoms with Crippen LogP contribution in [0.25, 0.3) is 0 Å². The SMILES string of the molecule is CC(CCC(=O)C(C)(C)O)C1CC[C@@]2(C)C34CC[C@H]5C(C)(C)[C@@H](O[Si](C)(C)C(C)C)CC[C@]5(C)C3(CC[C@]12C)O4. The van der Waals surface area contributed by atoms with Crippen LogP contribution in [-0.2, 0) is 14.0 Å². The number of rotatable bonds is 8. The van der Waals surface area contributed by atoms with E-state index < -0.39 is 13.9 Å². The Balaban J connectivity index is 1.39. The predicted molar refractivity (Wildman–Crippen MR) is 166 cm³/mol. The van der Waals surface area contributed by atoms with Crippen molar-refractivity contribution in [3.63, 3.8) is 0 Å². The highest BCUT2D eigenvalue weighted by atomic mass is 28.4. The van der Waals surface area contributed by atoms with E-state index in [4.69, 9.17) is 9.16 Å². The summed E-state index contributed by atoms with van der Waals surface area (Å²) in [5, 5.41) is 10.2. The van der Waals surface area contributed by atoms with E-state index in [1.165, 1.54) is 44.9 Å². The van der Waals surface area contributed by atoms with Crippen LogP contribution >= 0.6 is 0 Å². The molecule has 0 spiro atoms. The van der Waals surface area contributed by atoms with Gasteiger partial charge >= 0.3 is 0 Å². The van der Waals surface area contributed by atoms with Gasteiger partial charge in [-0.1, -0.05) is 55.4 Å². The second kappa shape index (κ2) is 9.14. The summed E-state index contributed by atoms with van der Waals surface area (Å²) in [5.41, 5.74) is 0.183. The zero-order chi connectivity index (χ0) is 29.9. The Labute approximate surface area is 247 Å². The summed E-state index contributed by atoms with van der Waals surface area (Å²) in [4.78, 5) is 12.5. The highest BCUT2D eigenvalue weighted by Crippen LogP contribution is 2.86. The monoisotopic (exact) mass is 574 g/mol. The van der Waals surface area contributed by atoms with Gasteiger partial charge in [-0.3, -0.25) is 4.79 Å². The third kappa shape index (κ3) is 3.88. The minimum Gasteiger partial charge on any atom is -0.414 e. The van der Waals surface area contributed by atoms with Crippen molar-refractivity contribution in [3.05, 3.63) is 0 Å². The molecule has 5 heteroatoms. The molecular formula is C35H62O4Si. The maximum atomic E-state index is 12.5. The van der Waals surface area contributed by atoms with Crippen LogP contribution in [0.4, 0.5) is 0 Å². The van der Waals surface area contributed by atoms with Gasteiger partial charge in [-0.25, -0.2) is 0 Å². The molecule has 4 saturated carbocycles. The zero-order valence-corrected chi connectivity index (χ0v) is 29.1. The fourth-order valence-corrected chi connectivity index (χ4v) is 13.0. The van der Waals surface area contributed by atoms with E-state index in [0.29, 0.717) is 35.8 Å². The van der Waals surface area contributed by atoms with E-state index in [1.807, 2.05) is 0 Å². The molecule has 0 aromatic carbocycles. The van der Waals surface area contributed by atoms with Crippen molar-refractivity contribution in [3.8, 4) is 0 Å². The van der Waals surface area contributed by atoms with Crippen LogP contribution in [0.2, 0.25) is 18.6 Å². The lowest BCUT2D eigenvalue weighted by atomic mass is 9.38. The smallest absolute Gasteiger partial charge is 0.189 e. The molecule has 0 aromatic rings. The molecule has 0 amide bonds. The number of ketones is 1. The summed E-state index contributed by atoms with van der Waals surface area (Å²) in [7, 11) is -1.73. The van der Waals surface area contributed by atoms with E-state index in [0.717, 1.165) is 12.8 Å². The molecule has 40 heavy (non-hydrogen) atoms. The van der Waals surface area contributed by atoms with Gasteiger partial charge in [0.05, 0.1) is 6.10 Å². The van der Waals surface area contributed by atoms with Gasteiger partial charge in [-0.05, 0) is 119 Å². The molecule has 1 aliphatic heterocycles. The van der Waals surface area contributed by atoms with E-state index in [9.17, 15) is 9.90 Å². The number of ether oxygens (including phenoxy) is 1. The first-order valence-corrected chi connectivity index (χ1v) is 19.8. The van der Waals surface area contributed by atoms with E-state index in [-0.39, 0.29) is 38.6 Å². The first-order valence-electron chi connectivity index (χ1n) is 16.8. The van der Waals surface area contributed by atoms with Gasteiger partial charge < -0.3 is 14.3 Å². The molecule has 1 N–H and O–H groups in total. The van der Waals surface area contributed by atoms with Crippen LogP contribution in [0.5, 0.6) is 0 Å². The Morgan fingerprint density at radius 2 is 1.57 bits per heavy atom. The minimum atomic E-state index is -1.73. The van der Waals surface area contributed by atoms with Gasteiger partial charge in [0.15, 0.2) is 14.1 Å². The fourth-order valence-electron chi connectivity index (χ4n) is 11.5. The molecule has 1 heterocycles. The Morgan fingerprint density at radius 3 is 2.17 bits per heavy atom. The van der Waals surface area contributed by atoms with Crippen molar-refractivity contribution in [2.75, 3.05) is 0 Å². The third-order valence-electron chi connectivity index (χ3n) is 15.0. The molecule has 0 aromatic heterocycles. The van der Waals surface area contributed by atoms with E-state index in [2.05, 4.69) is 68.5 Å². The molecule has 4 unspecified atom stereocenters. The highest BCUT2D eigenvalue weighted by molar-refractivity contribution is 6.72. The van der Waals surface area contributed by atoms with Gasteiger partial charge in [0, 0.05) is 17.3 Å². The number of carbonyl (C=O) groups excluding carboxylic acids is 1. The standard InChI is InChI=1S/C35H62O4Si/c1-23(2)40(11,12)38-28-17-18-32(9)26(29(28,4)5)16-20-35-33(10)19-15-25(24(3)13-14-27(36)30(6,7)37)31(33,8)21-22-34(32,35)39-35/h23-26,28,37H,13-22H2,1-12H3/t24?,25?,26-,28-,31+,32-,33+,34?,35?/m0/s1. The predicted octanol–water partition coefficient (Wildman–Crippen LogP) is 8.70. The van der Waals surface area contributed by atoms with Crippen molar-refractivity contribution in [1.29, 1.82) is 0 Å². The van der Waals surface area contributed by atoms with E-state index >= 15 is 0 Å². The summed E-state index contributed by atoms with van der Waals surface area (Å²) in [6.07, 6.45) is 11.4. The quantitative estimate of drug-likeness (QED) is 0.233. The van der Waals surface area contributed by atoms with Crippen LogP contribution in [-0.4, -0.2) is 42.1 Å². The topological polar surface area (TPSA) is 59.1 Å². The van der Waals surface area contributed by atoms with Crippen LogP contribution in [0.3, 0.4) is 0 Å². The average Bonchev–Trinajstić information content (AvgIpc) is 3.47. The average molecular weight is 575 g/mol. The second-order valence-corrected chi connectivity index (χ2v) is 22.5. The van der Waals surface area contributed by atoms with Crippen LogP contribution < -0.4 is 0 Å². The van der Waals surface area contributed by atoms with Gasteiger partial charge in [0.25, 0.3) is 0 Å². The molecule has 4 aliphatic carbocycles. The molecule has 4 nitrogen and oxygen atoms in total. The van der Waals surface area contributed by atoms with Crippen molar-refractivity contribution in [2.45, 2.75) is 175 Å². The molecule has 5 aliphatic rings. The zero-order valence-electron chi connectivity index (χ0n) is 28.1. The van der Waals surface area contributed by atoms with Gasteiger partial charge in [-0.15, -0.1) is 0 Å². The Kier molecular flexibility index (Phi) is 7.13. The molecule has 1 saturated heterocycles. The number of carbonyl (C=O) groups is 1. The van der Waals surface area contributed by atoms with Crippen molar-refractivity contribution in [2.24, 2.45) is 39.4 Å². The highest BCUT2D eigenvalue weighted by Gasteiger charge is 2.90. The molecule has 230 valence electrons. The lowest BCUT2D eigenvalue weighted by Gasteiger charge is -2.64. The van der Waals surface area contributed by atoms with Crippen molar-refractivity contribution >= 4 is 14.1 Å². The molecular weight excluding hydrogens is 512 g/mol. The third-order valence-corrected chi connectivity index (χ3v) is 18.7. The number of aliphatic hydroxyl groups is 1. The van der Waals surface area contributed by atoms with Crippen LogP contribution in [0.15, 0.2) is 0 Å². The Hall–Kier alpha value is -0.233. The first kappa shape index (κ1) is 31.2. The normalized spacial score (nSPS) is 46.7. The summed E-state index contributed by atoms with van der Waals surface area (Å²) in [5.74, 6) is 1.69. The molecule has 0 bridgehead atoms. The summed E-state index contributed by atoms with van der Waals surface area (Å²) in [6, 6.07) is 0. The van der Waals surface area contributed by atoms with Gasteiger partial charge in [0.1, 0.15) is 16.8 Å². The van der Waals surface area contributed by atoms with E-state index in [1.54, 1.807) is 13.8 Å². The van der Waals surface area contributed by atoms with Crippen molar-refractivity contribution < 1.29 is 19.1 Å². The number of Topliss-reactive ketones (excluding diaryl/α,β-unsaturated/α-hetero) is 1. The van der Waals surface area contributed by atoms with Crippen LogP contribution in [0, 0.1) is 39.4 Å². The van der Waals surface area contributed by atoms with Crippen LogP contribution in [0.1, 0.15) is 133 Å². The van der Waals surface area contributed by atoms with Gasteiger partial charge in [0.2, 0.25) is 0 Å². The first-order chi connectivity index (χ1) is 18.2. The molecule has 0 radical (unpaired) electrons. The lowest BCUT2D eigenvalue weighted by Crippen LogP contribution is -2.67. The number of hydrogen-bond donors (Lipinski definition) is 1. The minimum absolute atomic E-state index is 0.00531. The second-order valence-electron chi connectivity index (χ2n) is 17.9. The Morgan fingerprint density at radius 1 is 0.925 bits per heavy atom. The molecule has 9 atom stereocenters. The largest absolute Gasteiger partial charge is 0.414 e. The molecule has 5 fully saturated rings.